The predicted octanol–water partition coefficient (Wildman–Crippen LogP) is 5.49. The molecule has 0 spiro atoms. The molecule has 2 aliphatic rings. The number of ether oxygens (including phenoxy) is 1. The van der Waals surface area contributed by atoms with Crippen molar-refractivity contribution in [1.29, 1.82) is 0 Å². The quantitative estimate of drug-likeness (QED) is 0.273. The molecule has 2 heterocycles. The van der Waals surface area contributed by atoms with Gasteiger partial charge >= 0.3 is 0 Å². The van der Waals surface area contributed by atoms with Gasteiger partial charge in [-0.25, -0.2) is 0 Å². The molecule has 0 aliphatic carbocycles. The zero-order chi connectivity index (χ0) is 25.1. The summed E-state index contributed by atoms with van der Waals surface area (Å²) >= 11 is 3.11. The molecule has 1 saturated heterocycles. The van der Waals surface area contributed by atoms with E-state index >= 15 is 0 Å². The highest BCUT2D eigenvalue weighted by Crippen LogP contribution is 2.34. The highest BCUT2D eigenvalue weighted by molar-refractivity contribution is 14.1. The van der Waals surface area contributed by atoms with Gasteiger partial charge in [0.15, 0.2) is 0 Å². The third kappa shape index (κ3) is 5.49. The molecular weight excluding hydrogens is 587 g/mol. The molecule has 3 amide bonds. The fraction of sp³-hybridized carbons (Fsp3) is 0.179. The van der Waals surface area contributed by atoms with E-state index < -0.39 is 11.1 Å². The van der Waals surface area contributed by atoms with Gasteiger partial charge in [0.25, 0.3) is 11.1 Å². The summed E-state index contributed by atoms with van der Waals surface area (Å²) in [5, 5.41) is -0.436. The van der Waals surface area contributed by atoms with Gasteiger partial charge in [0.05, 0.1) is 4.91 Å². The van der Waals surface area contributed by atoms with Gasteiger partial charge in [-0.05, 0) is 81.7 Å². The molecule has 0 unspecified atom stereocenters. The van der Waals surface area contributed by atoms with Crippen LogP contribution in [-0.4, -0.2) is 39.9 Å². The average molecular weight is 610 g/mol. The average Bonchev–Trinajstić information content (AvgIpc) is 3.16. The fourth-order valence-corrected chi connectivity index (χ4v) is 5.38. The molecule has 0 aromatic heterocycles. The van der Waals surface area contributed by atoms with Crippen LogP contribution in [0.1, 0.15) is 22.3 Å². The Morgan fingerprint density at radius 2 is 1.69 bits per heavy atom. The molecule has 0 bridgehead atoms. The van der Waals surface area contributed by atoms with Crippen molar-refractivity contribution >= 4 is 57.5 Å². The molecule has 5 rings (SSSR count). The molecule has 8 heteroatoms. The molecule has 0 atom stereocenters. The minimum Gasteiger partial charge on any atom is -0.488 e. The Morgan fingerprint density at radius 3 is 2.50 bits per heavy atom. The van der Waals surface area contributed by atoms with Gasteiger partial charge in [-0.1, -0.05) is 54.6 Å². The zero-order valence-electron chi connectivity index (χ0n) is 19.4. The monoisotopic (exact) mass is 610 g/mol. The molecule has 3 aromatic carbocycles. The highest BCUT2D eigenvalue weighted by Gasteiger charge is 2.37. The van der Waals surface area contributed by atoms with E-state index in [9.17, 15) is 14.4 Å². The number of rotatable bonds is 6. The first-order chi connectivity index (χ1) is 17.5. The summed E-state index contributed by atoms with van der Waals surface area (Å²) in [6.45, 7) is 1.20. The Bertz CT molecular complexity index is 1360. The molecule has 182 valence electrons. The van der Waals surface area contributed by atoms with Gasteiger partial charge < -0.3 is 9.64 Å². The predicted molar refractivity (Wildman–Crippen MR) is 148 cm³/mol. The van der Waals surface area contributed by atoms with Crippen LogP contribution in [0.3, 0.4) is 0 Å². The second kappa shape index (κ2) is 10.9. The van der Waals surface area contributed by atoms with E-state index in [1.807, 2.05) is 66.7 Å². The molecule has 3 aromatic rings. The molecule has 6 nitrogen and oxygen atoms in total. The molecular formula is C28H23IN2O4S. The number of carbonyl (C=O) groups is 3. The Balaban J connectivity index is 1.26. The van der Waals surface area contributed by atoms with Crippen LogP contribution in [0, 0.1) is 3.57 Å². The van der Waals surface area contributed by atoms with Crippen molar-refractivity contribution in [1.82, 2.24) is 9.80 Å². The molecule has 2 aliphatic heterocycles. The second-order valence-corrected chi connectivity index (χ2v) is 10.8. The van der Waals surface area contributed by atoms with Gasteiger partial charge in [-0.3, -0.25) is 19.3 Å². The third-order valence-electron chi connectivity index (χ3n) is 6.16. The first-order valence-corrected chi connectivity index (χ1v) is 13.4. The molecule has 0 saturated carbocycles. The number of para-hydroxylation sites is 1. The number of hydrogen-bond acceptors (Lipinski definition) is 5. The largest absolute Gasteiger partial charge is 0.488 e. The number of nitrogens with zero attached hydrogens (tertiary/aromatic N) is 2. The Morgan fingerprint density at radius 1 is 0.972 bits per heavy atom. The lowest BCUT2D eigenvalue weighted by Crippen LogP contribution is -2.44. The van der Waals surface area contributed by atoms with Gasteiger partial charge in [0.1, 0.15) is 18.9 Å². The van der Waals surface area contributed by atoms with Crippen molar-refractivity contribution in [3.05, 3.63) is 104 Å². The summed E-state index contributed by atoms with van der Waals surface area (Å²) in [6, 6.07) is 23.5. The van der Waals surface area contributed by atoms with Crippen LogP contribution in [0.2, 0.25) is 0 Å². The smallest absolute Gasteiger partial charge is 0.294 e. The van der Waals surface area contributed by atoms with Crippen molar-refractivity contribution in [2.45, 2.75) is 19.6 Å². The fourth-order valence-electron chi connectivity index (χ4n) is 4.19. The first kappa shape index (κ1) is 24.6. The summed E-state index contributed by atoms with van der Waals surface area (Å²) < 4.78 is 7.16. The van der Waals surface area contributed by atoms with Crippen molar-refractivity contribution in [2.24, 2.45) is 0 Å². The number of halogens is 1. The molecule has 1 fully saturated rings. The third-order valence-corrected chi connectivity index (χ3v) is 7.79. The topological polar surface area (TPSA) is 66.9 Å². The Hall–Kier alpha value is -3.11. The minimum absolute atomic E-state index is 0.227. The zero-order valence-corrected chi connectivity index (χ0v) is 22.3. The second-order valence-electron chi connectivity index (χ2n) is 8.55. The van der Waals surface area contributed by atoms with E-state index in [1.165, 1.54) is 5.56 Å². The van der Waals surface area contributed by atoms with Crippen molar-refractivity contribution in [3.63, 3.8) is 0 Å². The van der Waals surface area contributed by atoms with E-state index in [2.05, 4.69) is 28.7 Å². The van der Waals surface area contributed by atoms with Crippen LogP contribution in [0.5, 0.6) is 5.75 Å². The maximum Gasteiger partial charge on any atom is 0.294 e. The number of thioether (sulfide) groups is 1. The van der Waals surface area contributed by atoms with Crippen molar-refractivity contribution < 1.29 is 19.1 Å². The van der Waals surface area contributed by atoms with Crippen molar-refractivity contribution in [3.8, 4) is 5.75 Å². The number of imide groups is 1. The number of fused-ring (bicyclic) bond motifs is 1. The van der Waals surface area contributed by atoms with Crippen LogP contribution in [0.4, 0.5) is 4.79 Å². The molecule has 0 radical (unpaired) electrons. The van der Waals surface area contributed by atoms with E-state index in [4.69, 9.17) is 4.74 Å². The number of carbonyl (C=O) groups excluding carboxylic acids is 3. The van der Waals surface area contributed by atoms with Gasteiger partial charge in [-0.15, -0.1) is 0 Å². The number of hydrogen-bond donors (Lipinski definition) is 0. The summed E-state index contributed by atoms with van der Waals surface area (Å²) in [7, 11) is 0. The van der Waals surface area contributed by atoms with Crippen LogP contribution in [0.25, 0.3) is 6.08 Å². The van der Waals surface area contributed by atoms with E-state index in [0.29, 0.717) is 31.0 Å². The van der Waals surface area contributed by atoms with Crippen LogP contribution in [0.15, 0.2) is 77.7 Å². The standard InChI is InChI=1S/C28H23IN2O4S/c29-23-11-9-19(10-12-23)18-35-24-8-4-3-6-21(24)15-25-27(33)31(28(34)36-25)17-26(32)30-14-13-20-5-1-2-7-22(20)16-30/h1-12,15H,13-14,16-18H2/b25-15-. The maximum atomic E-state index is 13.1. The Labute approximate surface area is 227 Å². The van der Waals surface area contributed by atoms with Crippen LogP contribution >= 0.6 is 34.4 Å². The van der Waals surface area contributed by atoms with Gasteiger partial charge in [0.2, 0.25) is 5.91 Å². The molecule has 36 heavy (non-hydrogen) atoms. The number of amides is 3. The maximum absolute atomic E-state index is 13.1. The minimum atomic E-state index is -0.455. The summed E-state index contributed by atoms with van der Waals surface area (Å²) in [6.07, 6.45) is 2.43. The summed E-state index contributed by atoms with van der Waals surface area (Å²) in [5.41, 5.74) is 4.07. The normalized spacial score (nSPS) is 16.4. The summed E-state index contributed by atoms with van der Waals surface area (Å²) in [4.78, 5) is 41.7. The Kier molecular flexibility index (Phi) is 7.43. The van der Waals surface area contributed by atoms with E-state index in [0.717, 1.165) is 37.8 Å². The van der Waals surface area contributed by atoms with Gasteiger partial charge in [0, 0.05) is 22.2 Å². The van der Waals surface area contributed by atoms with E-state index in [-0.39, 0.29) is 17.4 Å². The van der Waals surface area contributed by atoms with Gasteiger partial charge in [-0.2, -0.15) is 0 Å². The first-order valence-electron chi connectivity index (χ1n) is 11.5. The van der Waals surface area contributed by atoms with Crippen LogP contribution in [-0.2, 0) is 29.2 Å². The lowest BCUT2D eigenvalue weighted by atomic mass is 10.00. The lowest BCUT2D eigenvalue weighted by molar-refractivity contribution is -0.136. The molecule has 0 N–H and O–H groups in total. The van der Waals surface area contributed by atoms with E-state index in [1.54, 1.807) is 11.0 Å². The van der Waals surface area contributed by atoms with Crippen LogP contribution < -0.4 is 4.74 Å². The van der Waals surface area contributed by atoms with Crippen molar-refractivity contribution in [2.75, 3.05) is 13.1 Å². The summed E-state index contributed by atoms with van der Waals surface area (Å²) in [5.74, 6) is -0.0663. The lowest BCUT2D eigenvalue weighted by Gasteiger charge is -2.29. The SMILES string of the molecule is O=C(CN1C(=O)S/C(=C\c2ccccc2OCc2ccc(I)cc2)C1=O)N1CCc2ccccc2C1. The highest BCUT2D eigenvalue weighted by atomic mass is 127. The number of benzene rings is 3.